The molecule has 0 aliphatic heterocycles. The van der Waals surface area contributed by atoms with E-state index in [9.17, 15) is 0 Å². The normalized spacial score (nSPS) is 10.0. The van der Waals surface area contributed by atoms with Gasteiger partial charge in [-0.15, -0.1) is 6.58 Å². The van der Waals surface area contributed by atoms with Crippen molar-refractivity contribution in [2.24, 2.45) is 0 Å². The molecule has 0 spiro atoms. The zero-order chi connectivity index (χ0) is 9.68. The highest BCUT2D eigenvalue weighted by Crippen LogP contribution is 2.11. The molecule has 0 unspecified atom stereocenters. The summed E-state index contributed by atoms with van der Waals surface area (Å²) >= 11 is 0. The molecule has 70 valence electrons. The van der Waals surface area contributed by atoms with E-state index in [0.29, 0.717) is 0 Å². The van der Waals surface area contributed by atoms with Gasteiger partial charge in [0.2, 0.25) is 0 Å². The van der Waals surface area contributed by atoms with Crippen molar-refractivity contribution in [1.29, 1.82) is 0 Å². The van der Waals surface area contributed by atoms with Crippen molar-refractivity contribution < 1.29 is 0 Å². The standard InChI is InChI=1S/C13H18/c1-4-5-6-7-13-9-11(2)8-12(3)10-13/h4,8-10H,1,5-7H2,2-3H3. The van der Waals surface area contributed by atoms with E-state index in [-0.39, 0.29) is 0 Å². The van der Waals surface area contributed by atoms with Gasteiger partial charge in [-0.3, -0.25) is 0 Å². The van der Waals surface area contributed by atoms with Crippen molar-refractivity contribution >= 4 is 0 Å². The average molecular weight is 174 g/mol. The molecule has 0 amide bonds. The van der Waals surface area contributed by atoms with Gasteiger partial charge >= 0.3 is 0 Å². The predicted molar refractivity (Wildman–Crippen MR) is 59.1 cm³/mol. The summed E-state index contributed by atoms with van der Waals surface area (Å²) in [5.41, 5.74) is 4.20. The van der Waals surface area contributed by atoms with E-state index >= 15 is 0 Å². The van der Waals surface area contributed by atoms with Crippen LogP contribution in [-0.4, -0.2) is 0 Å². The summed E-state index contributed by atoms with van der Waals surface area (Å²) in [7, 11) is 0. The third-order valence-corrected chi connectivity index (χ3v) is 2.16. The summed E-state index contributed by atoms with van der Waals surface area (Å²) in [5, 5.41) is 0. The summed E-state index contributed by atoms with van der Waals surface area (Å²) in [6, 6.07) is 6.77. The van der Waals surface area contributed by atoms with Crippen molar-refractivity contribution in [1.82, 2.24) is 0 Å². The Morgan fingerprint density at radius 1 is 1.15 bits per heavy atom. The molecule has 0 atom stereocenters. The SMILES string of the molecule is C=CCCCc1cc(C)cc(C)c1. The Morgan fingerprint density at radius 2 is 1.77 bits per heavy atom. The first-order chi connectivity index (χ1) is 6.22. The maximum absolute atomic E-state index is 3.73. The minimum absolute atomic E-state index is 1.12. The highest BCUT2D eigenvalue weighted by molar-refractivity contribution is 5.28. The van der Waals surface area contributed by atoms with Crippen LogP contribution in [0.5, 0.6) is 0 Å². The maximum Gasteiger partial charge on any atom is -0.0276 e. The van der Waals surface area contributed by atoms with Crippen LogP contribution in [0.3, 0.4) is 0 Å². The second kappa shape index (κ2) is 4.86. The third kappa shape index (κ3) is 3.45. The molecule has 1 aromatic carbocycles. The van der Waals surface area contributed by atoms with Crippen molar-refractivity contribution in [3.8, 4) is 0 Å². The second-order valence-electron chi connectivity index (χ2n) is 3.68. The zero-order valence-electron chi connectivity index (χ0n) is 8.64. The monoisotopic (exact) mass is 174 g/mol. The molecule has 0 N–H and O–H groups in total. The van der Waals surface area contributed by atoms with E-state index in [1.165, 1.54) is 29.5 Å². The number of benzene rings is 1. The van der Waals surface area contributed by atoms with Crippen molar-refractivity contribution in [3.63, 3.8) is 0 Å². The van der Waals surface area contributed by atoms with Gasteiger partial charge in [-0.1, -0.05) is 35.4 Å². The van der Waals surface area contributed by atoms with Crippen LogP contribution in [0.25, 0.3) is 0 Å². The Balaban J connectivity index is 2.60. The lowest BCUT2D eigenvalue weighted by Gasteiger charge is -2.03. The number of allylic oxidation sites excluding steroid dienone is 1. The summed E-state index contributed by atoms with van der Waals surface area (Å²) in [4.78, 5) is 0. The van der Waals surface area contributed by atoms with Gasteiger partial charge in [0.25, 0.3) is 0 Å². The molecule has 1 rings (SSSR count). The highest BCUT2D eigenvalue weighted by Gasteiger charge is 1.94. The minimum atomic E-state index is 1.12. The molecule has 0 radical (unpaired) electrons. The van der Waals surface area contributed by atoms with E-state index < -0.39 is 0 Å². The van der Waals surface area contributed by atoms with Gasteiger partial charge in [-0.2, -0.15) is 0 Å². The summed E-state index contributed by atoms with van der Waals surface area (Å²) in [5.74, 6) is 0. The molecule has 0 aromatic heterocycles. The van der Waals surface area contributed by atoms with Crippen LogP contribution in [-0.2, 0) is 6.42 Å². The van der Waals surface area contributed by atoms with E-state index in [1.807, 2.05) is 6.08 Å². The fourth-order valence-electron chi connectivity index (χ4n) is 1.66. The lowest BCUT2D eigenvalue weighted by atomic mass is 10.0. The average Bonchev–Trinajstić information content (AvgIpc) is 2.03. The van der Waals surface area contributed by atoms with Gasteiger partial charge in [0.05, 0.1) is 0 Å². The fourth-order valence-corrected chi connectivity index (χ4v) is 1.66. The van der Waals surface area contributed by atoms with Crippen molar-refractivity contribution in [3.05, 3.63) is 47.5 Å². The fraction of sp³-hybridized carbons (Fsp3) is 0.385. The molecule has 0 aliphatic carbocycles. The van der Waals surface area contributed by atoms with E-state index in [0.717, 1.165) is 6.42 Å². The van der Waals surface area contributed by atoms with Crippen LogP contribution in [0.1, 0.15) is 29.5 Å². The Bertz CT molecular complexity index is 264. The van der Waals surface area contributed by atoms with E-state index in [1.54, 1.807) is 0 Å². The summed E-state index contributed by atoms with van der Waals surface area (Å²) in [6.45, 7) is 8.04. The van der Waals surface area contributed by atoms with Crippen molar-refractivity contribution in [2.45, 2.75) is 33.1 Å². The molecule has 0 heteroatoms. The number of unbranched alkanes of at least 4 members (excludes halogenated alkanes) is 1. The number of hydrogen-bond acceptors (Lipinski definition) is 0. The minimum Gasteiger partial charge on any atom is -0.103 e. The molecule has 0 heterocycles. The smallest absolute Gasteiger partial charge is 0.0276 e. The number of aryl methyl sites for hydroxylation is 3. The largest absolute Gasteiger partial charge is 0.103 e. The predicted octanol–water partition coefficient (Wildman–Crippen LogP) is 3.81. The zero-order valence-corrected chi connectivity index (χ0v) is 8.64. The highest BCUT2D eigenvalue weighted by atomic mass is 14.0. The molecule has 0 bridgehead atoms. The van der Waals surface area contributed by atoms with Crippen LogP contribution in [0.2, 0.25) is 0 Å². The van der Waals surface area contributed by atoms with E-state index in [2.05, 4.69) is 38.6 Å². The van der Waals surface area contributed by atoms with Gasteiger partial charge in [0.1, 0.15) is 0 Å². The Kier molecular flexibility index (Phi) is 3.75. The molecule has 0 fully saturated rings. The van der Waals surface area contributed by atoms with Gasteiger partial charge in [-0.05, 0) is 38.7 Å². The van der Waals surface area contributed by atoms with Gasteiger partial charge in [-0.25, -0.2) is 0 Å². The Labute approximate surface area is 81.3 Å². The molecule has 1 aromatic rings. The Morgan fingerprint density at radius 3 is 2.31 bits per heavy atom. The third-order valence-electron chi connectivity index (χ3n) is 2.16. The van der Waals surface area contributed by atoms with Gasteiger partial charge in [0, 0.05) is 0 Å². The van der Waals surface area contributed by atoms with E-state index in [4.69, 9.17) is 0 Å². The molecular weight excluding hydrogens is 156 g/mol. The van der Waals surface area contributed by atoms with Crippen LogP contribution >= 0.6 is 0 Å². The molecular formula is C13H18. The van der Waals surface area contributed by atoms with Gasteiger partial charge in [0.15, 0.2) is 0 Å². The first-order valence-corrected chi connectivity index (χ1v) is 4.90. The molecule has 13 heavy (non-hydrogen) atoms. The molecule has 0 saturated carbocycles. The summed E-state index contributed by atoms with van der Waals surface area (Å²) in [6.07, 6.45) is 5.50. The van der Waals surface area contributed by atoms with Crippen LogP contribution < -0.4 is 0 Å². The Hall–Kier alpha value is -1.04. The quantitative estimate of drug-likeness (QED) is 0.481. The second-order valence-corrected chi connectivity index (χ2v) is 3.68. The van der Waals surface area contributed by atoms with Gasteiger partial charge < -0.3 is 0 Å². The molecule has 0 nitrogen and oxygen atoms in total. The lowest BCUT2D eigenvalue weighted by molar-refractivity contribution is 0.842. The number of hydrogen-bond donors (Lipinski definition) is 0. The van der Waals surface area contributed by atoms with Crippen LogP contribution in [0.15, 0.2) is 30.9 Å². The lowest BCUT2D eigenvalue weighted by Crippen LogP contribution is -1.87. The topological polar surface area (TPSA) is 0 Å². The molecule has 0 saturated heterocycles. The van der Waals surface area contributed by atoms with Crippen LogP contribution in [0.4, 0.5) is 0 Å². The number of rotatable bonds is 4. The first kappa shape index (κ1) is 10.0. The maximum atomic E-state index is 3.73. The first-order valence-electron chi connectivity index (χ1n) is 4.90. The summed E-state index contributed by atoms with van der Waals surface area (Å²) < 4.78 is 0. The van der Waals surface area contributed by atoms with Crippen molar-refractivity contribution in [2.75, 3.05) is 0 Å². The molecule has 0 aliphatic rings. The van der Waals surface area contributed by atoms with Crippen LogP contribution in [0, 0.1) is 13.8 Å².